The van der Waals surface area contributed by atoms with Crippen molar-refractivity contribution >= 4 is 22.8 Å². The van der Waals surface area contributed by atoms with Crippen LogP contribution in [0, 0.1) is 0 Å². The van der Waals surface area contributed by atoms with E-state index in [0.29, 0.717) is 6.42 Å². The monoisotopic (exact) mass is 352 g/mol. The molecule has 0 spiro atoms. The van der Waals surface area contributed by atoms with Gasteiger partial charge in [-0.1, -0.05) is 55.5 Å². The third-order valence-corrected chi connectivity index (χ3v) is 4.79. The molecule has 0 unspecified atom stereocenters. The molecular weight excluding hydrogens is 332 g/mol. The minimum atomic E-state index is 0.158. The second-order valence-electron chi connectivity index (χ2n) is 6.52. The van der Waals surface area contributed by atoms with Gasteiger partial charge >= 0.3 is 0 Å². The van der Waals surface area contributed by atoms with Gasteiger partial charge in [0.1, 0.15) is 0 Å². The molecule has 0 saturated heterocycles. The van der Waals surface area contributed by atoms with Crippen molar-refractivity contribution in [2.75, 3.05) is 0 Å². The van der Waals surface area contributed by atoms with Gasteiger partial charge in [-0.3, -0.25) is 14.8 Å². The Hall–Kier alpha value is -3.33. The minimum Gasteiger partial charge on any atom is -0.294 e. The molecule has 4 rings (SSSR count). The number of ketones is 1. The topological polar surface area (TPSA) is 42.3 Å². The predicted molar refractivity (Wildman–Crippen MR) is 110 cm³/mol. The number of allylic oxidation sites excluding steroid dienone is 1. The first-order valence-electron chi connectivity index (χ1n) is 9.16. The Kier molecular flexibility index (Phi) is 4.75. The maximum Gasteiger partial charge on any atom is 0.162 e. The van der Waals surface area contributed by atoms with E-state index in [4.69, 9.17) is 4.99 Å². The summed E-state index contributed by atoms with van der Waals surface area (Å²) in [7, 11) is 0. The van der Waals surface area contributed by atoms with Crippen LogP contribution in [0.4, 0.5) is 0 Å². The third kappa shape index (κ3) is 3.49. The number of aliphatic imine (C=N–C) groups is 1. The molecule has 3 nitrogen and oxygen atoms in total. The van der Waals surface area contributed by atoms with Crippen molar-refractivity contribution in [1.29, 1.82) is 0 Å². The summed E-state index contributed by atoms with van der Waals surface area (Å²) in [5.41, 5.74) is 7.12. The molecule has 0 atom stereocenters. The Labute approximate surface area is 159 Å². The van der Waals surface area contributed by atoms with E-state index in [2.05, 4.69) is 23.2 Å². The number of aromatic nitrogens is 1. The number of carbonyl (C=O) groups is 1. The lowest BCUT2D eigenvalue weighted by Gasteiger charge is -2.08. The van der Waals surface area contributed by atoms with E-state index < -0.39 is 0 Å². The molecule has 27 heavy (non-hydrogen) atoms. The van der Waals surface area contributed by atoms with Crippen LogP contribution in [-0.4, -0.2) is 16.5 Å². The van der Waals surface area contributed by atoms with Crippen LogP contribution in [0.5, 0.6) is 0 Å². The first kappa shape index (κ1) is 17.1. The second kappa shape index (κ2) is 7.50. The van der Waals surface area contributed by atoms with Crippen molar-refractivity contribution in [3.63, 3.8) is 0 Å². The molecule has 2 heterocycles. The SMILES string of the molecule is CCC(=O)c1cccc(C2=C(c3ccncc3)N=C(c3ccccc3)C2)c1. The maximum atomic E-state index is 12.2. The Bertz CT molecular complexity index is 1030. The van der Waals surface area contributed by atoms with Crippen molar-refractivity contribution in [1.82, 2.24) is 4.98 Å². The van der Waals surface area contributed by atoms with Crippen molar-refractivity contribution < 1.29 is 4.79 Å². The molecule has 1 aliphatic heterocycles. The quantitative estimate of drug-likeness (QED) is 0.574. The van der Waals surface area contributed by atoms with Gasteiger partial charge in [0.2, 0.25) is 0 Å². The second-order valence-corrected chi connectivity index (χ2v) is 6.52. The van der Waals surface area contributed by atoms with E-state index in [1.165, 1.54) is 0 Å². The Morgan fingerprint density at radius 3 is 2.37 bits per heavy atom. The van der Waals surface area contributed by atoms with Crippen molar-refractivity contribution in [2.24, 2.45) is 4.99 Å². The number of nitrogens with zero attached hydrogens (tertiary/aromatic N) is 2. The Morgan fingerprint density at radius 2 is 1.63 bits per heavy atom. The summed E-state index contributed by atoms with van der Waals surface area (Å²) in [5, 5.41) is 0. The normalized spacial score (nSPS) is 13.6. The van der Waals surface area contributed by atoms with Crippen LogP contribution in [0.2, 0.25) is 0 Å². The summed E-state index contributed by atoms with van der Waals surface area (Å²) >= 11 is 0. The molecule has 3 aromatic rings. The van der Waals surface area contributed by atoms with Crippen LogP contribution in [0.15, 0.2) is 84.1 Å². The average Bonchev–Trinajstić information content (AvgIpc) is 3.20. The number of rotatable bonds is 5. The zero-order valence-electron chi connectivity index (χ0n) is 15.2. The highest BCUT2D eigenvalue weighted by Gasteiger charge is 2.22. The molecule has 0 bridgehead atoms. The van der Waals surface area contributed by atoms with Crippen molar-refractivity contribution in [3.05, 3.63) is 101 Å². The first-order valence-corrected chi connectivity index (χ1v) is 9.16. The van der Waals surface area contributed by atoms with Gasteiger partial charge in [0, 0.05) is 36.4 Å². The van der Waals surface area contributed by atoms with Gasteiger partial charge in [0.25, 0.3) is 0 Å². The van der Waals surface area contributed by atoms with E-state index in [1.807, 2.05) is 55.5 Å². The molecule has 2 aromatic carbocycles. The van der Waals surface area contributed by atoms with E-state index in [1.54, 1.807) is 12.4 Å². The number of pyridine rings is 1. The molecule has 132 valence electrons. The average molecular weight is 352 g/mol. The lowest BCUT2D eigenvalue weighted by atomic mass is 9.94. The summed E-state index contributed by atoms with van der Waals surface area (Å²) in [6.45, 7) is 1.89. The van der Waals surface area contributed by atoms with Crippen LogP contribution < -0.4 is 0 Å². The Balaban J connectivity index is 1.81. The number of hydrogen-bond acceptors (Lipinski definition) is 3. The summed E-state index contributed by atoms with van der Waals surface area (Å²) in [6, 6.07) is 22.1. The molecule has 0 N–H and O–H groups in total. The van der Waals surface area contributed by atoms with Gasteiger partial charge in [-0.25, -0.2) is 0 Å². The molecule has 0 aliphatic carbocycles. The largest absolute Gasteiger partial charge is 0.294 e. The lowest BCUT2D eigenvalue weighted by molar-refractivity contribution is 0.0988. The van der Waals surface area contributed by atoms with E-state index >= 15 is 0 Å². The van der Waals surface area contributed by atoms with Gasteiger partial charge < -0.3 is 0 Å². The van der Waals surface area contributed by atoms with Gasteiger partial charge in [-0.05, 0) is 34.9 Å². The standard InChI is InChI=1S/C24H20N2O/c1-2-23(27)20-10-6-9-19(15-20)21-16-22(17-7-4-3-5-8-17)26-24(21)18-11-13-25-14-12-18/h3-15H,2,16H2,1H3. The van der Waals surface area contributed by atoms with Gasteiger partial charge in [0.15, 0.2) is 5.78 Å². The molecule has 0 saturated carbocycles. The summed E-state index contributed by atoms with van der Waals surface area (Å²) in [6.07, 6.45) is 4.82. The molecule has 1 aliphatic rings. The fourth-order valence-electron chi connectivity index (χ4n) is 3.36. The van der Waals surface area contributed by atoms with Gasteiger partial charge in [-0.2, -0.15) is 0 Å². The smallest absolute Gasteiger partial charge is 0.162 e. The van der Waals surface area contributed by atoms with E-state index in [9.17, 15) is 4.79 Å². The summed E-state index contributed by atoms with van der Waals surface area (Å²) in [5.74, 6) is 0.158. The molecule has 0 fully saturated rings. The number of carbonyl (C=O) groups excluding carboxylic acids is 1. The van der Waals surface area contributed by atoms with Crippen LogP contribution in [0.3, 0.4) is 0 Å². The number of hydrogen-bond donors (Lipinski definition) is 0. The predicted octanol–water partition coefficient (Wildman–Crippen LogP) is 5.44. The summed E-state index contributed by atoms with van der Waals surface area (Å²) in [4.78, 5) is 21.3. The number of Topliss-reactive ketones (excluding diaryl/α,β-unsaturated/α-hetero) is 1. The molecule has 0 amide bonds. The Morgan fingerprint density at radius 1 is 0.889 bits per heavy atom. The molecule has 0 radical (unpaired) electrons. The fraction of sp³-hybridized carbons (Fsp3) is 0.125. The highest BCUT2D eigenvalue weighted by atomic mass is 16.1. The highest BCUT2D eigenvalue weighted by molar-refractivity contribution is 6.17. The molecular formula is C24H20N2O. The van der Waals surface area contributed by atoms with Crippen LogP contribution >= 0.6 is 0 Å². The molecule has 1 aromatic heterocycles. The van der Waals surface area contributed by atoms with Crippen LogP contribution in [-0.2, 0) is 0 Å². The zero-order chi connectivity index (χ0) is 18.6. The first-order chi connectivity index (χ1) is 13.3. The van der Waals surface area contributed by atoms with Crippen LogP contribution in [0.1, 0.15) is 46.8 Å². The summed E-state index contributed by atoms with van der Waals surface area (Å²) < 4.78 is 0. The molecule has 3 heteroatoms. The fourth-order valence-corrected chi connectivity index (χ4v) is 3.36. The van der Waals surface area contributed by atoms with Crippen LogP contribution in [0.25, 0.3) is 11.3 Å². The minimum absolute atomic E-state index is 0.158. The third-order valence-electron chi connectivity index (χ3n) is 4.79. The maximum absolute atomic E-state index is 12.2. The lowest BCUT2D eigenvalue weighted by Crippen LogP contribution is -2.00. The van der Waals surface area contributed by atoms with E-state index in [0.717, 1.165) is 45.7 Å². The zero-order valence-corrected chi connectivity index (χ0v) is 15.2. The highest BCUT2D eigenvalue weighted by Crippen LogP contribution is 2.37. The van der Waals surface area contributed by atoms with Crippen molar-refractivity contribution in [3.8, 4) is 0 Å². The van der Waals surface area contributed by atoms with E-state index in [-0.39, 0.29) is 5.78 Å². The van der Waals surface area contributed by atoms with Crippen molar-refractivity contribution in [2.45, 2.75) is 19.8 Å². The van der Waals surface area contributed by atoms with Gasteiger partial charge in [0.05, 0.1) is 11.4 Å². The number of benzene rings is 2. The van der Waals surface area contributed by atoms with Gasteiger partial charge in [-0.15, -0.1) is 0 Å².